The number of hydrogen-bond donors (Lipinski definition) is 2. The summed E-state index contributed by atoms with van der Waals surface area (Å²) in [5.74, 6) is -1.08. The molecule has 0 amide bonds. The van der Waals surface area contributed by atoms with Crippen molar-refractivity contribution in [1.82, 2.24) is 4.72 Å². The summed E-state index contributed by atoms with van der Waals surface area (Å²) in [6, 6.07) is 8.41. The first kappa shape index (κ1) is 22.6. The van der Waals surface area contributed by atoms with Crippen LogP contribution in [0.3, 0.4) is 0 Å². The van der Waals surface area contributed by atoms with Crippen molar-refractivity contribution in [2.24, 2.45) is 5.92 Å². The van der Waals surface area contributed by atoms with Crippen molar-refractivity contribution in [1.29, 1.82) is 0 Å². The Morgan fingerprint density at radius 3 is 2.37 bits per heavy atom. The van der Waals surface area contributed by atoms with E-state index in [1.165, 1.54) is 36.6 Å². The van der Waals surface area contributed by atoms with Crippen LogP contribution in [0.1, 0.15) is 31.4 Å². The van der Waals surface area contributed by atoms with E-state index < -0.39 is 37.5 Å². The summed E-state index contributed by atoms with van der Waals surface area (Å²) in [5, 5.41) is 2.57. The fourth-order valence-corrected chi connectivity index (χ4v) is 5.88. The first-order chi connectivity index (χ1) is 14.0. The number of halogens is 2. The Labute approximate surface area is 175 Å². The van der Waals surface area contributed by atoms with Crippen LogP contribution >= 0.6 is 0 Å². The second-order valence-corrected chi connectivity index (χ2v) is 11.7. The molecule has 1 atom stereocenters. The Hall–Kier alpha value is -2.04. The highest BCUT2D eigenvalue weighted by Crippen LogP contribution is 2.33. The van der Waals surface area contributed by atoms with Gasteiger partial charge in [-0.1, -0.05) is 12.1 Å². The van der Waals surface area contributed by atoms with Gasteiger partial charge in [-0.05, 0) is 61.6 Å². The normalized spacial score (nSPS) is 20.4. The Bertz CT molecular complexity index is 1130. The second kappa shape index (κ2) is 8.60. The predicted molar refractivity (Wildman–Crippen MR) is 111 cm³/mol. The maximum absolute atomic E-state index is 14.4. The van der Waals surface area contributed by atoms with Crippen LogP contribution in [0.5, 0.6) is 0 Å². The Kier molecular flexibility index (Phi) is 6.49. The molecule has 1 unspecified atom stereocenters. The zero-order valence-corrected chi connectivity index (χ0v) is 18.2. The number of hydrogen-bond acceptors (Lipinski definition) is 5. The van der Waals surface area contributed by atoms with E-state index in [0.29, 0.717) is 24.9 Å². The fraction of sp³-hybridized carbons (Fsp3) is 0.400. The number of sulfone groups is 1. The standard InChI is InChI=1S/C20H24F2N2O4S2/c1-13(15-4-3-5-16(21)10-15)24-30(27,28)17-6-7-20(19(22)11-17)23-12-14-8-18(9-14)29(2,25)26/h3-7,10-11,13-14,18,23-24H,8-9,12H2,1-2H3. The van der Waals surface area contributed by atoms with Gasteiger partial charge in [0.25, 0.3) is 0 Å². The smallest absolute Gasteiger partial charge is 0.241 e. The summed E-state index contributed by atoms with van der Waals surface area (Å²) < 4.78 is 78.2. The zero-order chi connectivity index (χ0) is 22.1. The van der Waals surface area contributed by atoms with Crippen molar-refractivity contribution in [2.45, 2.75) is 36.0 Å². The molecule has 1 fully saturated rings. The highest BCUT2D eigenvalue weighted by atomic mass is 32.2. The van der Waals surface area contributed by atoms with Crippen LogP contribution in [0, 0.1) is 17.6 Å². The van der Waals surface area contributed by atoms with Gasteiger partial charge in [0.1, 0.15) is 21.5 Å². The Balaban J connectivity index is 1.62. The molecule has 0 bridgehead atoms. The fourth-order valence-electron chi connectivity index (χ4n) is 3.40. The van der Waals surface area contributed by atoms with Crippen LogP contribution in [0.25, 0.3) is 0 Å². The maximum Gasteiger partial charge on any atom is 0.241 e. The van der Waals surface area contributed by atoms with Crippen molar-refractivity contribution in [3.63, 3.8) is 0 Å². The molecule has 0 saturated heterocycles. The van der Waals surface area contributed by atoms with E-state index in [1.54, 1.807) is 13.0 Å². The van der Waals surface area contributed by atoms with Gasteiger partial charge in [-0.25, -0.2) is 30.3 Å². The SMILES string of the molecule is CC(NS(=O)(=O)c1ccc(NCC2CC(S(C)(=O)=O)C2)c(F)c1)c1cccc(F)c1. The first-order valence-corrected chi connectivity index (χ1v) is 12.9. The quantitative estimate of drug-likeness (QED) is 0.634. The van der Waals surface area contributed by atoms with E-state index in [4.69, 9.17) is 0 Å². The number of nitrogens with one attached hydrogen (secondary N) is 2. The lowest BCUT2D eigenvalue weighted by atomic mass is 9.85. The van der Waals surface area contributed by atoms with E-state index >= 15 is 0 Å². The number of benzene rings is 2. The monoisotopic (exact) mass is 458 g/mol. The van der Waals surface area contributed by atoms with Crippen LogP contribution < -0.4 is 10.0 Å². The van der Waals surface area contributed by atoms with Crippen LogP contribution in [-0.4, -0.2) is 34.9 Å². The maximum atomic E-state index is 14.4. The van der Waals surface area contributed by atoms with E-state index in [1.807, 2.05) is 0 Å². The molecule has 2 aromatic rings. The minimum absolute atomic E-state index is 0.126. The number of anilines is 1. The highest BCUT2D eigenvalue weighted by Gasteiger charge is 2.35. The van der Waals surface area contributed by atoms with Gasteiger partial charge in [0.2, 0.25) is 10.0 Å². The molecular weight excluding hydrogens is 434 g/mol. The molecule has 0 heterocycles. The third kappa shape index (κ3) is 5.35. The van der Waals surface area contributed by atoms with Crippen LogP contribution in [0.4, 0.5) is 14.5 Å². The van der Waals surface area contributed by atoms with Gasteiger partial charge in [0.05, 0.1) is 15.8 Å². The van der Waals surface area contributed by atoms with Gasteiger partial charge in [-0.2, -0.15) is 0 Å². The molecule has 1 saturated carbocycles. The molecule has 0 spiro atoms. The Morgan fingerprint density at radius 2 is 1.77 bits per heavy atom. The summed E-state index contributed by atoms with van der Waals surface area (Å²) in [6.45, 7) is 1.98. The summed E-state index contributed by atoms with van der Waals surface area (Å²) >= 11 is 0. The molecule has 2 N–H and O–H groups in total. The molecule has 164 valence electrons. The van der Waals surface area contributed by atoms with Crippen LogP contribution in [0.15, 0.2) is 47.4 Å². The van der Waals surface area contributed by atoms with Gasteiger partial charge in [-0.3, -0.25) is 0 Å². The number of sulfonamides is 1. The average molecular weight is 459 g/mol. The second-order valence-electron chi connectivity index (χ2n) is 7.71. The molecule has 1 aliphatic rings. The van der Waals surface area contributed by atoms with E-state index in [0.717, 1.165) is 6.07 Å². The lowest BCUT2D eigenvalue weighted by Gasteiger charge is -2.34. The van der Waals surface area contributed by atoms with Gasteiger partial charge < -0.3 is 5.32 Å². The van der Waals surface area contributed by atoms with E-state index in [2.05, 4.69) is 10.0 Å². The van der Waals surface area contributed by atoms with Crippen LogP contribution in [0.2, 0.25) is 0 Å². The van der Waals surface area contributed by atoms with Gasteiger partial charge in [0, 0.05) is 18.8 Å². The third-order valence-electron chi connectivity index (χ3n) is 5.31. The average Bonchev–Trinajstić information content (AvgIpc) is 2.60. The molecule has 2 aromatic carbocycles. The molecule has 10 heteroatoms. The molecule has 0 aromatic heterocycles. The molecule has 1 aliphatic carbocycles. The van der Waals surface area contributed by atoms with Crippen LogP contribution in [-0.2, 0) is 19.9 Å². The van der Waals surface area contributed by atoms with E-state index in [-0.39, 0.29) is 21.8 Å². The van der Waals surface area contributed by atoms with Gasteiger partial charge in [0.15, 0.2) is 0 Å². The van der Waals surface area contributed by atoms with Crippen molar-refractivity contribution in [2.75, 3.05) is 18.1 Å². The first-order valence-electron chi connectivity index (χ1n) is 9.46. The summed E-state index contributed by atoms with van der Waals surface area (Å²) in [5.41, 5.74) is 0.597. The van der Waals surface area contributed by atoms with Crippen molar-refractivity contribution in [3.8, 4) is 0 Å². The van der Waals surface area contributed by atoms with Gasteiger partial charge in [-0.15, -0.1) is 0 Å². The molecular formula is C20H24F2N2O4S2. The summed E-state index contributed by atoms with van der Waals surface area (Å²) in [4.78, 5) is -0.241. The minimum Gasteiger partial charge on any atom is -0.382 e. The molecule has 0 radical (unpaired) electrons. The highest BCUT2D eigenvalue weighted by molar-refractivity contribution is 7.91. The molecule has 6 nitrogen and oxygen atoms in total. The summed E-state index contributed by atoms with van der Waals surface area (Å²) in [6.07, 6.45) is 2.27. The molecule has 3 rings (SSSR count). The van der Waals surface area contributed by atoms with E-state index in [9.17, 15) is 25.6 Å². The third-order valence-corrected chi connectivity index (χ3v) is 8.44. The minimum atomic E-state index is -4.02. The Morgan fingerprint density at radius 1 is 1.07 bits per heavy atom. The molecule has 0 aliphatic heterocycles. The van der Waals surface area contributed by atoms with Crippen molar-refractivity contribution in [3.05, 3.63) is 59.7 Å². The lowest BCUT2D eigenvalue weighted by molar-refractivity contribution is 0.333. The predicted octanol–water partition coefficient (Wildman–Crippen LogP) is 3.24. The number of rotatable bonds is 8. The largest absolute Gasteiger partial charge is 0.382 e. The van der Waals surface area contributed by atoms with Crippen molar-refractivity contribution >= 4 is 25.5 Å². The van der Waals surface area contributed by atoms with Crippen molar-refractivity contribution < 1.29 is 25.6 Å². The topological polar surface area (TPSA) is 92.3 Å². The molecule has 30 heavy (non-hydrogen) atoms. The summed E-state index contributed by atoms with van der Waals surface area (Å²) in [7, 11) is -7.06. The lowest BCUT2D eigenvalue weighted by Crippen LogP contribution is -2.38. The zero-order valence-electron chi connectivity index (χ0n) is 16.6. The van der Waals surface area contributed by atoms with Gasteiger partial charge >= 0.3 is 0 Å².